The molecule has 0 saturated carbocycles. The van der Waals surface area contributed by atoms with Crippen molar-refractivity contribution in [3.63, 3.8) is 0 Å². The fraction of sp³-hybridized carbons (Fsp3) is 0.667. The molecule has 2 N–H and O–H groups in total. The Bertz CT molecular complexity index is 677. The van der Waals surface area contributed by atoms with E-state index in [1.165, 1.54) is 6.42 Å². The average Bonchev–Trinajstić information content (AvgIpc) is 3.18. The number of likely N-dealkylation sites (tertiary alicyclic amines) is 1. The van der Waals surface area contributed by atoms with E-state index in [2.05, 4.69) is 20.5 Å². The van der Waals surface area contributed by atoms with E-state index in [1.54, 1.807) is 6.20 Å². The molecule has 3 atom stereocenters. The Morgan fingerprint density at radius 2 is 2.11 bits per heavy atom. The number of piperazine rings is 1. The quantitative estimate of drug-likeness (QED) is 0.761. The van der Waals surface area contributed by atoms with Crippen LogP contribution in [0.3, 0.4) is 0 Å². The lowest BCUT2D eigenvalue weighted by atomic mass is 10.0. The zero-order valence-electron chi connectivity index (χ0n) is 16.5. The number of pyridine rings is 1. The summed E-state index contributed by atoms with van der Waals surface area (Å²) in [6, 6.07) is 6.36. The van der Waals surface area contributed by atoms with Gasteiger partial charge in [0, 0.05) is 57.4 Å². The van der Waals surface area contributed by atoms with Gasteiger partial charge in [0.2, 0.25) is 11.8 Å². The van der Waals surface area contributed by atoms with Gasteiger partial charge in [-0.15, -0.1) is 0 Å². The van der Waals surface area contributed by atoms with Crippen molar-refractivity contribution in [2.24, 2.45) is 0 Å². The third-order valence-corrected chi connectivity index (χ3v) is 6.32. The number of nitrogens with zero attached hydrogens (tertiary/aromatic N) is 3. The van der Waals surface area contributed by atoms with Crippen molar-refractivity contribution < 1.29 is 9.59 Å². The van der Waals surface area contributed by atoms with Crippen molar-refractivity contribution in [3.05, 3.63) is 30.1 Å². The molecule has 4 rings (SSSR count). The topological polar surface area (TPSA) is 77.6 Å². The molecular formula is C21H31N5O2. The van der Waals surface area contributed by atoms with Gasteiger partial charge >= 0.3 is 0 Å². The molecular weight excluding hydrogens is 354 g/mol. The first-order valence-corrected chi connectivity index (χ1v) is 10.7. The summed E-state index contributed by atoms with van der Waals surface area (Å²) < 4.78 is 0. The molecule has 0 bridgehead atoms. The Kier molecular flexibility index (Phi) is 6.22. The van der Waals surface area contributed by atoms with Crippen LogP contribution in [0.4, 0.5) is 0 Å². The standard InChI is InChI=1S/C21H31N5O2/c27-20(25-10-4-1-5-11-25)8-7-18-14-24-21(28)19-12-17(15-26(18)19)23-13-16-6-2-3-9-22-16/h2-3,6,9,17-19,23H,1,4-5,7-8,10-15H2,(H,24,28)/t17-,18+,19-/m0/s1. The number of carbonyl (C=O) groups excluding carboxylic acids is 2. The number of rotatable bonds is 6. The average molecular weight is 386 g/mol. The molecule has 0 spiro atoms. The van der Waals surface area contributed by atoms with Gasteiger partial charge in [-0.1, -0.05) is 6.07 Å². The van der Waals surface area contributed by atoms with Gasteiger partial charge in [-0.25, -0.2) is 0 Å². The van der Waals surface area contributed by atoms with E-state index in [9.17, 15) is 9.59 Å². The maximum absolute atomic E-state index is 12.5. The predicted octanol–water partition coefficient (Wildman–Crippen LogP) is 0.905. The van der Waals surface area contributed by atoms with E-state index in [0.717, 1.165) is 51.0 Å². The van der Waals surface area contributed by atoms with Crippen LogP contribution >= 0.6 is 0 Å². The Balaban J connectivity index is 1.29. The van der Waals surface area contributed by atoms with Crippen molar-refractivity contribution in [2.45, 2.75) is 63.2 Å². The van der Waals surface area contributed by atoms with E-state index in [-0.39, 0.29) is 29.9 Å². The summed E-state index contributed by atoms with van der Waals surface area (Å²) >= 11 is 0. The molecule has 0 aliphatic carbocycles. The fourth-order valence-corrected chi connectivity index (χ4v) is 4.73. The number of aromatic nitrogens is 1. The summed E-state index contributed by atoms with van der Waals surface area (Å²) in [7, 11) is 0. The van der Waals surface area contributed by atoms with Gasteiger partial charge in [0.15, 0.2) is 0 Å². The number of amides is 2. The van der Waals surface area contributed by atoms with Gasteiger partial charge in [-0.3, -0.25) is 19.5 Å². The van der Waals surface area contributed by atoms with Crippen molar-refractivity contribution in [1.29, 1.82) is 0 Å². The Morgan fingerprint density at radius 1 is 1.25 bits per heavy atom. The summed E-state index contributed by atoms with van der Waals surface area (Å²) in [6.45, 7) is 4.03. The van der Waals surface area contributed by atoms with Gasteiger partial charge < -0.3 is 15.5 Å². The van der Waals surface area contributed by atoms with Gasteiger partial charge in [0.25, 0.3) is 0 Å². The highest BCUT2D eigenvalue weighted by Crippen LogP contribution is 2.26. The molecule has 28 heavy (non-hydrogen) atoms. The van der Waals surface area contributed by atoms with Gasteiger partial charge in [-0.2, -0.15) is 0 Å². The zero-order chi connectivity index (χ0) is 19.3. The minimum atomic E-state index is -0.0786. The number of nitrogens with one attached hydrogen (secondary N) is 2. The van der Waals surface area contributed by atoms with Crippen molar-refractivity contribution >= 4 is 11.8 Å². The predicted molar refractivity (Wildman–Crippen MR) is 106 cm³/mol. The fourth-order valence-electron chi connectivity index (χ4n) is 4.73. The van der Waals surface area contributed by atoms with Gasteiger partial charge in [0.05, 0.1) is 11.7 Å². The molecule has 4 heterocycles. The Morgan fingerprint density at radius 3 is 2.89 bits per heavy atom. The van der Waals surface area contributed by atoms with E-state index in [0.29, 0.717) is 19.5 Å². The first kappa shape index (κ1) is 19.3. The first-order chi connectivity index (χ1) is 13.7. The summed E-state index contributed by atoms with van der Waals surface area (Å²) in [5.41, 5.74) is 1.01. The highest BCUT2D eigenvalue weighted by molar-refractivity contribution is 5.83. The van der Waals surface area contributed by atoms with E-state index < -0.39 is 0 Å². The number of carbonyl (C=O) groups is 2. The highest BCUT2D eigenvalue weighted by atomic mass is 16.2. The minimum Gasteiger partial charge on any atom is -0.353 e. The first-order valence-electron chi connectivity index (χ1n) is 10.7. The van der Waals surface area contributed by atoms with Crippen LogP contribution in [0.5, 0.6) is 0 Å². The molecule has 152 valence electrons. The van der Waals surface area contributed by atoms with Crippen LogP contribution < -0.4 is 10.6 Å². The number of fused-ring (bicyclic) bond motifs is 1. The molecule has 7 heteroatoms. The van der Waals surface area contributed by atoms with Crippen molar-refractivity contribution in [3.8, 4) is 0 Å². The highest BCUT2D eigenvalue weighted by Gasteiger charge is 2.43. The van der Waals surface area contributed by atoms with Crippen LogP contribution in [0, 0.1) is 0 Å². The largest absolute Gasteiger partial charge is 0.353 e. The normalized spacial score (nSPS) is 28.1. The molecule has 0 aromatic carbocycles. The summed E-state index contributed by atoms with van der Waals surface area (Å²) in [4.78, 5) is 33.6. The molecule has 3 fully saturated rings. The molecule has 2 amide bonds. The summed E-state index contributed by atoms with van der Waals surface area (Å²) in [5, 5.41) is 6.61. The molecule has 0 radical (unpaired) electrons. The molecule has 0 unspecified atom stereocenters. The lowest BCUT2D eigenvalue weighted by Gasteiger charge is -2.37. The number of hydrogen-bond acceptors (Lipinski definition) is 5. The molecule has 3 saturated heterocycles. The SMILES string of the molecule is O=C1NC[C@@H](CCC(=O)N2CCCCC2)N2C[C@@H](NCc3ccccn3)C[C@@H]12. The monoisotopic (exact) mass is 385 g/mol. The van der Waals surface area contributed by atoms with E-state index in [1.807, 2.05) is 23.1 Å². The maximum atomic E-state index is 12.5. The number of hydrogen-bond donors (Lipinski definition) is 2. The lowest BCUT2D eigenvalue weighted by molar-refractivity contribution is -0.133. The van der Waals surface area contributed by atoms with Gasteiger partial charge in [-0.05, 0) is 44.2 Å². The lowest BCUT2D eigenvalue weighted by Crippen LogP contribution is -2.58. The van der Waals surface area contributed by atoms with Crippen LogP contribution in [0.2, 0.25) is 0 Å². The Hall–Kier alpha value is -1.99. The van der Waals surface area contributed by atoms with Crippen LogP contribution in [-0.2, 0) is 16.1 Å². The Labute approximate surface area is 166 Å². The molecule has 1 aromatic heterocycles. The zero-order valence-corrected chi connectivity index (χ0v) is 16.5. The summed E-state index contributed by atoms with van der Waals surface area (Å²) in [6.07, 6.45) is 7.51. The van der Waals surface area contributed by atoms with Crippen LogP contribution in [0.1, 0.15) is 44.2 Å². The van der Waals surface area contributed by atoms with Crippen LogP contribution in [0.25, 0.3) is 0 Å². The smallest absolute Gasteiger partial charge is 0.237 e. The maximum Gasteiger partial charge on any atom is 0.237 e. The van der Waals surface area contributed by atoms with E-state index in [4.69, 9.17) is 0 Å². The van der Waals surface area contributed by atoms with Gasteiger partial charge in [0.1, 0.15) is 0 Å². The molecule has 7 nitrogen and oxygen atoms in total. The number of piperidine rings is 1. The molecule has 1 aromatic rings. The summed E-state index contributed by atoms with van der Waals surface area (Å²) in [5.74, 6) is 0.401. The third kappa shape index (κ3) is 4.52. The molecule has 3 aliphatic rings. The van der Waals surface area contributed by atoms with Crippen molar-refractivity contribution in [2.75, 3.05) is 26.2 Å². The minimum absolute atomic E-state index is 0.0786. The van der Waals surface area contributed by atoms with E-state index >= 15 is 0 Å². The van der Waals surface area contributed by atoms with Crippen LogP contribution in [0.15, 0.2) is 24.4 Å². The van der Waals surface area contributed by atoms with Crippen LogP contribution in [-0.4, -0.2) is 70.9 Å². The molecule has 3 aliphatic heterocycles. The third-order valence-electron chi connectivity index (χ3n) is 6.32. The van der Waals surface area contributed by atoms with Crippen molar-refractivity contribution in [1.82, 2.24) is 25.4 Å². The second-order valence-corrected chi connectivity index (χ2v) is 8.23. The second kappa shape index (κ2) is 9.01. The second-order valence-electron chi connectivity index (χ2n) is 8.23.